The van der Waals surface area contributed by atoms with Crippen LogP contribution in [0.4, 0.5) is 0 Å². The minimum Gasteiger partial charge on any atom is -0.0616 e. The lowest BCUT2D eigenvalue weighted by Gasteiger charge is -2.20. The molecule has 0 saturated heterocycles. The molecule has 0 aliphatic carbocycles. The van der Waals surface area contributed by atoms with Crippen molar-refractivity contribution < 1.29 is 76.8 Å². The smallest absolute Gasteiger partial charge is 0.0616 e. The summed E-state index contributed by atoms with van der Waals surface area (Å²) in [6.45, 7) is 0. The van der Waals surface area contributed by atoms with Crippen LogP contribution in [0.3, 0.4) is 0 Å². The first kappa shape index (κ1) is 39.2. The number of hydrogen-bond donors (Lipinski definition) is 0. The van der Waals surface area contributed by atoms with E-state index in [9.17, 15) is 28.8 Å². The Hall–Kier alpha value is -17.2. The molecule has 0 atom stereocenters. The SMILES string of the molecule is [2H]c1c([2H])c([2H])c2c(-c3c([2H])c([2H])c4c(-c5c([2H])c([2H])c([2H])c6c([2H])c([2H])c([2H])c([2H])c56)c5c([2H])c([2H])c([2H])c([2H])c5c(-c5c([2H])c([2H])c([2H])c6c([2H])c([2H])c([2H])c([2H])c56)c4c3[2H])c([2H])c([2H])c([2H])c2c1[2H].[2H]c1c([2H])c([2H])c2c(-c3c4c([2H])c([2H])c([2H])c([2H])c4c(-c4c([2H])c([2H])c([2H])c5c([2H])c([2H])c([2H])c([2H])c45)c4c([2H])c(-c5cccc6ccccc56)c([2H])c([2H])c34)c([2H])c([2H])c([2H])c2c1[2H].[2H]c1c([2H])c([2H])c2c(-c3cccc4ccccc34)c3c([2H])c(-c4cccc5ccccc45)c([2H])c([2H])c3c(-c3cccc4ccccc34)c2c1[2H]. The van der Waals surface area contributed by atoms with Crippen LogP contribution in [0, 0.1) is 0 Å². The summed E-state index contributed by atoms with van der Waals surface area (Å²) in [5, 5.41) is -4.12. The average molecular weight is 1730 g/mol. The lowest BCUT2D eigenvalue weighted by molar-refractivity contribution is 1.66. The molecule has 0 aliphatic rings. The Labute approximate surface area is 844 Å². The maximum absolute atomic E-state index is 10.2. The highest BCUT2D eigenvalue weighted by molar-refractivity contribution is 6.30. The number of rotatable bonds is 9. The number of benzene rings is 27. The van der Waals surface area contributed by atoms with Gasteiger partial charge in [-0.05, 0) is 280 Å². The summed E-state index contributed by atoms with van der Waals surface area (Å²) >= 11 is 0. The minimum absolute atomic E-state index is 0.0288. The zero-order valence-corrected chi connectivity index (χ0v) is 68.2. The van der Waals surface area contributed by atoms with Gasteiger partial charge in [-0.2, -0.15) is 0 Å². The van der Waals surface area contributed by atoms with E-state index in [2.05, 4.69) is 0 Å². The monoisotopic (exact) mass is 1730 g/mol. The molecule has 0 aliphatic heterocycles. The number of hydrogen-bond acceptors (Lipinski definition) is 0. The molecule has 0 heterocycles. The summed E-state index contributed by atoms with van der Waals surface area (Å²) in [5.74, 6) is 0. The van der Waals surface area contributed by atoms with Gasteiger partial charge in [0.15, 0.2) is 0 Å². The van der Waals surface area contributed by atoms with Crippen LogP contribution in [0.25, 0.3) is 262 Å². The van der Waals surface area contributed by atoms with Crippen molar-refractivity contribution in [3.05, 3.63) is 508 Å². The summed E-state index contributed by atoms with van der Waals surface area (Å²) in [4.78, 5) is 0. The fraction of sp³-hybridized carbons (Fsp3) is 0. The molecule has 0 nitrogen and oxygen atoms in total. The predicted octanol–water partition coefficient (Wildman–Crippen LogP) is 37.4. The fourth-order valence-electron chi connectivity index (χ4n) is 17.9. The van der Waals surface area contributed by atoms with Crippen LogP contribution in [0.5, 0.6) is 0 Å². The second kappa shape index (κ2) is 32.6. The first-order valence-electron chi connectivity index (χ1n) is 69.3. The summed E-state index contributed by atoms with van der Waals surface area (Å²) < 4.78 is 511. The van der Waals surface area contributed by atoms with Gasteiger partial charge in [0.1, 0.15) is 0 Å². The second-order valence-corrected chi connectivity index (χ2v) is 30.6. The minimum atomic E-state index is -1.13. The van der Waals surface area contributed by atoms with Gasteiger partial charge >= 0.3 is 0 Å². The molecule has 27 aromatic carbocycles. The Morgan fingerprint density at radius 3 is 0.591 bits per heavy atom. The Kier molecular flexibility index (Phi) is 9.68. The summed E-state index contributed by atoms with van der Waals surface area (Å²) in [5.41, 5.74) is -4.00. The van der Waals surface area contributed by atoms with Crippen molar-refractivity contribution in [3.8, 4) is 100 Å². The van der Waals surface area contributed by atoms with E-state index in [1.165, 1.54) is 0 Å². The molecule has 0 bridgehead atoms. The molecule has 0 fully saturated rings. The third-order valence-corrected chi connectivity index (χ3v) is 23.5. The first-order valence-corrected chi connectivity index (χ1v) is 41.3. The molecule has 0 amide bonds. The van der Waals surface area contributed by atoms with Gasteiger partial charge in [-0.25, -0.2) is 0 Å². The lowest BCUT2D eigenvalue weighted by atomic mass is 9.82. The molecule has 0 heteroatoms. The van der Waals surface area contributed by atoms with Gasteiger partial charge < -0.3 is 0 Å². The Morgan fingerprint density at radius 2 is 0.295 bits per heavy atom. The molecular formula is C132H84. The fourth-order valence-corrected chi connectivity index (χ4v) is 17.9. The zero-order valence-electron chi connectivity index (χ0n) is 124. The Bertz CT molecular complexity index is 13000. The third-order valence-electron chi connectivity index (χ3n) is 23.5. The van der Waals surface area contributed by atoms with E-state index < -0.39 is 449 Å². The highest BCUT2D eigenvalue weighted by Crippen LogP contribution is 2.53. The normalized spacial score (nSPS) is 17.6. The van der Waals surface area contributed by atoms with E-state index >= 15 is 0 Å². The summed E-state index contributed by atoms with van der Waals surface area (Å²) in [7, 11) is 0. The van der Waals surface area contributed by atoms with Crippen LogP contribution in [-0.4, -0.2) is 0 Å². The van der Waals surface area contributed by atoms with Crippen molar-refractivity contribution in [2.24, 2.45) is 0 Å². The predicted molar refractivity (Wildman–Crippen MR) is 571 cm³/mol. The topological polar surface area (TPSA) is 0 Å². The quantitative estimate of drug-likeness (QED) is 0.126. The maximum Gasteiger partial charge on any atom is 0.0636 e. The van der Waals surface area contributed by atoms with E-state index in [-0.39, 0.29) is 64.2 Å². The first-order chi connectivity index (χ1) is 88.9. The Morgan fingerprint density at radius 1 is 0.106 bits per heavy atom. The molecule has 27 rings (SSSR count). The van der Waals surface area contributed by atoms with Crippen LogP contribution < -0.4 is 0 Å². The van der Waals surface area contributed by atoms with Crippen LogP contribution in [-0.2, 0) is 0 Å². The maximum atomic E-state index is 10.2. The van der Waals surface area contributed by atoms with Gasteiger partial charge in [0, 0.05) is 0 Å². The number of fused-ring (bicyclic) bond motifs is 15. The van der Waals surface area contributed by atoms with Gasteiger partial charge in [0.05, 0.1) is 76.8 Å². The average Bonchev–Trinajstić information content (AvgIpc) is 0.803. The van der Waals surface area contributed by atoms with Crippen molar-refractivity contribution in [2.45, 2.75) is 0 Å². The van der Waals surface area contributed by atoms with Gasteiger partial charge in [-0.15, -0.1) is 0 Å². The summed E-state index contributed by atoms with van der Waals surface area (Å²) in [6, 6.07) is 6.93. The van der Waals surface area contributed by atoms with E-state index in [4.69, 9.17) is 48.0 Å². The van der Waals surface area contributed by atoms with Crippen LogP contribution in [0.1, 0.15) is 76.8 Å². The van der Waals surface area contributed by atoms with Crippen molar-refractivity contribution in [3.63, 3.8) is 0 Å². The largest absolute Gasteiger partial charge is 0.0636 e. The van der Waals surface area contributed by atoms with Crippen molar-refractivity contribution in [2.75, 3.05) is 0 Å². The van der Waals surface area contributed by atoms with Crippen LogP contribution in [0.2, 0.25) is 0 Å². The third kappa shape index (κ3) is 13.1. The van der Waals surface area contributed by atoms with E-state index in [0.29, 0.717) is 54.9 Å². The summed E-state index contributed by atoms with van der Waals surface area (Å²) in [6.07, 6.45) is 0. The van der Waals surface area contributed by atoms with E-state index in [1.807, 2.05) is 127 Å². The second-order valence-electron chi connectivity index (χ2n) is 30.6. The van der Waals surface area contributed by atoms with Crippen LogP contribution in [0.15, 0.2) is 508 Å². The van der Waals surface area contributed by atoms with Crippen molar-refractivity contribution in [1.29, 1.82) is 0 Å². The molecule has 0 radical (unpaired) electrons. The van der Waals surface area contributed by atoms with E-state index in [0.717, 1.165) is 32.3 Å². The van der Waals surface area contributed by atoms with Crippen LogP contribution >= 0.6 is 0 Å². The van der Waals surface area contributed by atoms with Gasteiger partial charge in [-0.3, -0.25) is 0 Å². The highest BCUT2D eigenvalue weighted by Gasteiger charge is 2.26. The molecule has 132 heavy (non-hydrogen) atoms. The standard InChI is InChI=1S/3C44H28/c3*1-4-18-33-29(12-1)15-9-23-36(33)32-26-27-41-42(28-32)44(38-25-11-17-31-14-3-6-20-35(31)38)40-22-8-7-21-39(40)43(41)37-24-10-16-30-13-2-5-19-34(30)37/h3*1-28H/i1D,2D,3D,4D,5D,6D,7D,8D,9D,10D,11D,12D,13D,14D,15D,16D,17D,18D,19D,20D,21D,22D,23D,24D,25D,26D,27D,28D;2D,3D,5D,6D,7D,8D,10D,11D,13D,14D,16D,17D,19D,20D,21D,22D,24D,25D,26D,27D,28D;7D,8D,21D,22D,26D,27D,28D. The molecule has 0 spiro atoms. The van der Waals surface area contributed by atoms with Gasteiger partial charge in [0.25, 0.3) is 0 Å². The van der Waals surface area contributed by atoms with Gasteiger partial charge in [0.2, 0.25) is 0 Å². The molecular weight excluding hydrogens is 1590 g/mol. The van der Waals surface area contributed by atoms with Gasteiger partial charge in [-0.1, -0.05) is 490 Å². The lowest BCUT2D eigenvalue weighted by Crippen LogP contribution is -1.93. The van der Waals surface area contributed by atoms with E-state index in [1.54, 1.807) is 42.5 Å². The molecule has 0 N–H and O–H groups in total. The molecule has 27 aromatic rings. The molecule has 0 aromatic heterocycles. The Balaban J connectivity index is 0.000000140. The molecule has 0 unspecified atom stereocenters. The zero-order chi connectivity index (χ0) is 136. The highest BCUT2D eigenvalue weighted by atomic mass is 14.3. The van der Waals surface area contributed by atoms with Crippen molar-refractivity contribution >= 4 is 162 Å². The molecule has 0 saturated carbocycles. The molecule has 612 valence electrons. The van der Waals surface area contributed by atoms with Crippen molar-refractivity contribution in [1.82, 2.24) is 0 Å².